The van der Waals surface area contributed by atoms with Crippen LogP contribution in [0.15, 0.2) is 41.8 Å². The number of carbonyl (C=O) groups excluding carboxylic acids is 2. The van der Waals surface area contributed by atoms with E-state index in [1.165, 1.54) is 30.4 Å². The highest BCUT2D eigenvalue weighted by Gasteiger charge is 2.28. The maximum absolute atomic E-state index is 14.6. The maximum Gasteiger partial charge on any atom is 0.263 e. The van der Waals surface area contributed by atoms with Gasteiger partial charge in [0.25, 0.3) is 5.91 Å². The first-order valence-electron chi connectivity index (χ1n) is 9.45. The summed E-state index contributed by atoms with van der Waals surface area (Å²) in [6, 6.07) is 9.88. The van der Waals surface area contributed by atoms with Gasteiger partial charge in [0.15, 0.2) is 5.78 Å². The molecule has 4 nitrogen and oxygen atoms in total. The predicted molar refractivity (Wildman–Crippen MR) is 116 cm³/mol. The number of hydrogen-bond donors (Lipinski definition) is 1. The zero-order valence-corrected chi connectivity index (χ0v) is 18.0. The van der Waals surface area contributed by atoms with Crippen LogP contribution in [0.2, 0.25) is 5.02 Å². The van der Waals surface area contributed by atoms with Crippen LogP contribution in [0.5, 0.6) is 5.75 Å². The SMILES string of the molecule is CC(=O)c1ccc(F)c(-c2cc(C)cc3c2O[C@H](CNC(=O)c2sccc2Cl)C3)c1. The Hall–Kier alpha value is -2.70. The Morgan fingerprint density at radius 3 is 2.73 bits per heavy atom. The summed E-state index contributed by atoms with van der Waals surface area (Å²) in [7, 11) is 0. The smallest absolute Gasteiger partial charge is 0.263 e. The van der Waals surface area contributed by atoms with E-state index < -0.39 is 5.82 Å². The number of hydrogen-bond acceptors (Lipinski definition) is 4. The number of nitrogens with one attached hydrogen (secondary N) is 1. The molecule has 154 valence electrons. The first-order chi connectivity index (χ1) is 14.3. The highest BCUT2D eigenvalue weighted by molar-refractivity contribution is 7.12. The average Bonchev–Trinajstić information content (AvgIpc) is 3.31. The van der Waals surface area contributed by atoms with Crippen LogP contribution in [-0.2, 0) is 6.42 Å². The summed E-state index contributed by atoms with van der Waals surface area (Å²) in [4.78, 5) is 24.5. The number of rotatable bonds is 5. The molecule has 0 saturated carbocycles. The van der Waals surface area contributed by atoms with Crippen molar-refractivity contribution < 1.29 is 18.7 Å². The number of carbonyl (C=O) groups is 2. The molecular formula is C23H19ClFNO3S. The lowest BCUT2D eigenvalue weighted by Crippen LogP contribution is -2.34. The Bertz CT molecular complexity index is 1160. The number of Topliss-reactive ketones (excluding diaryl/α,β-unsaturated/α-hetero) is 1. The standard InChI is InChI=1S/C23H19ClFNO3S/c1-12-7-15-9-16(11-26-23(28)22-19(24)5-6-30-22)29-21(15)18(8-12)17-10-14(13(2)27)3-4-20(17)25/h3-8,10,16H,9,11H2,1-2H3,(H,26,28)/t16-/m0/s1. The lowest BCUT2D eigenvalue weighted by atomic mass is 9.95. The minimum Gasteiger partial charge on any atom is -0.487 e. The van der Waals surface area contributed by atoms with Gasteiger partial charge in [-0.15, -0.1) is 11.3 Å². The van der Waals surface area contributed by atoms with Gasteiger partial charge in [0.05, 0.1) is 11.6 Å². The Kier molecular flexibility index (Phi) is 5.62. The lowest BCUT2D eigenvalue weighted by molar-refractivity contribution is 0.0937. The molecule has 1 aliphatic rings. The largest absolute Gasteiger partial charge is 0.487 e. The second-order valence-electron chi connectivity index (χ2n) is 7.30. The lowest BCUT2D eigenvalue weighted by Gasteiger charge is -2.14. The van der Waals surface area contributed by atoms with E-state index in [4.69, 9.17) is 16.3 Å². The van der Waals surface area contributed by atoms with E-state index in [2.05, 4.69) is 5.32 Å². The minimum absolute atomic E-state index is 0.130. The number of aryl methyl sites for hydroxylation is 1. The van der Waals surface area contributed by atoms with Crippen molar-refractivity contribution in [2.24, 2.45) is 0 Å². The first kappa shape index (κ1) is 20.6. The third-order valence-corrected chi connectivity index (χ3v) is 6.36. The van der Waals surface area contributed by atoms with Crippen molar-refractivity contribution in [2.45, 2.75) is 26.4 Å². The molecule has 1 aliphatic heterocycles. The third kappa shape index (κ3) is 3.98. The molecule has 0 spiro atoms. The summed E-state index contributed by atoms with van der Waals surface area (Å²) in [5.41, 5.74) is 3.30. The van der Waals surface area contributed by atoms with Gasteiger partial charge in [-0.25, -0.2) is 4.39 Å². The molecule has 0 bridgehead atoms. The van der Waals surface area contributed by atoms with Crippen molar-refractivity contribution >= 4 is 34.6 Å². The van der Waals surface area contributed by atoms with Crippen LogP contribution >= 0.6 is 22.9 Å². The summed E-state index contributed by atoms with van der Waals surface area (Å²) in [6.45, 7) is 3.69. The normalized spacial score (nSPS) is 14.9. The molecule has 3 aromatic rings. The van der Waals surface area contributed by atoms with Crippen LogP contribution in [0.3, 0.4) is 0 Å². The highest BCUT2D eigenvalue weighted by Crippen LogP contribution is 2.41. The van der Waals surface area contributed by atoms with E-state index in [0.717, 1.165) is 11.1 Å². The molecular weight excluding hydrogens is 425 g/mol. The van der Waals surface area contributed by atoms with Gasteiger partial charge < -0.3 is 10.1 Å². The van der Waals surface area contributed by atoms with E-state index in [1.807, 2.05) is 19.1 Å². The van der Waals surface area contributed by atoms with Crippen molar-refractivity contribution in [3.63, 3.8) is 0 Å². The number of fused-ring (bicyclic) bond motifs is 1. The second kappa shape index (κ2) is 8.20. The van der Waals surface area contributed by atoms with Gasteiger partial charge in [0.1, 0.15) is 22.5 Å². The molecule has 1 aromatic heterocycles. The summed E-state index contributed by atoms with van der Waals surface area (Å²) in [5, 5.41) is 5.04. The Balaban J connectivity index is 1.58. The van der Waals surface area contributed by atoms with Crippen molar-refractivity contribution in [1.29, 1.82) is 0 Å². The highest BCUT2D eigenvalue weighted by atomic mass is 35.5. The fraction of sp³-hybridized carbons (Fsp3) is 0.217. The molecule has 30 heavy (non-hydrogen) atoms. The molecule has 1 atom stereocenters. The topological polar surface area (TPSA) is 55.4 Å². The van der Waals surface area contributed by atoms with Gasteiger partial charge >= 0.3 is 0 Å². The van der Waals surface area contributed by atoms with E-state index in [1.54, 1.807) is 17.5 Å². The molecule has 0 unspecified atom stereocenters. The molecule has 1 N–H and O–H groups in total. The zero-order chi connectivity index (χ0) is 21.4. The van der Waals surface area contributed by atoms with Gasteiger partial charge in [-0.1, -0.05) is 17.7 Å². The molecule has 2 aromatic carbocycles. The minimum atomic E-state index is -0.416. The number of amides is 1. The van der Waals surface area contributed by atoms with Crippen molar-refractivity contribution in [1.82, 2.24) is 5.32 Å². The quantitative estimate of drug-likeness (QED) is 0.533. The molecule has 0 saturated heterocycles. The van der Waals surface area contributed by atoms with Gasteiger partial charge in [0.2, 0.25) is 0 Å². The fourth-order valence-electron chi connectivity index (χ4n) is 3.60. The molecule has 0 fully saturated rings. The van der Waals surface area contributed by atoms with Crippen LogP contribution in [-0.4, -0.2) is 24.3 Å². The molecule has 0 aliphatic carbocycles. The van der Waals surface area contributed by atoms with Crippen LogP contribution in [0.1, 0.15) is 38.1 Å². The molecule has 2 heterocycles. The van der Waals surface area contributed by atoms with Crippen molar-refractivity contribution in [2.75, 3.05) is 6.54 Å². The fourth-order valence-corrected chi connectivity index (χ4v) is 4.66. The van der Waals surface area contributed by atoms with Gasteiger partial charge in [-0.05, 0) is 60.7 Å². The Morgan fingerprint density at radius 2 is 2.03 bits per heavy atom. The van der Waals surface area contributed by atoms with Crippen LogP contribution in [0, 0.1) is 12.7 Å². The van der Waals surface area contributed by atoms with E-state index in [0.29, 0.717) is 45.3 Å². The summed E-state index contributed by atoms with van der Waals surface area (Å²) in [5.74, 6) is -0.199. The maximum atomic E-state index is 14.6. The number of ether oxygens (including phenoxy) is 1. The van der Waals surface area contributed by atoms with E-state index in [-0.39, 0.29) is 17.8 Å². The predicted octanol–water partition coefficient (Wildman–Crippen LogP) is 5.45. The Morgan fingerprint density at radius 1 is 1.23 bits per heavy atom. The van der Waals surface area contributed by atoms with Gasteiger partial charge in [-0.3, -0.25) is 9.59 Å². The van der Waals surface area contributed by atoms with E-state index >= 15 is 0 Å². The summed E-state index contributed by atoms with van der Waals surface area (Å²) >= 11 is 7.30. The van der Waals surface area contributed by atoms with Crippen LogP contribution in [0.25, 0.3) is 11.1 Å². The molecule has 0 radical (unpaired) electrons. The van der Waals surface area contributed by atoms with Crippen LogP contribution < -0.4 is 10.1 Å². The van der Waals surface area contributed by atoms with Gasteiger partial charge in [-0.2, -0.15) is 0 Å². The molecule has 7 heteroatoms. The second-order valence-corrected chi connectivity index (χ2v) is 8.63. The summed E-state index contributed by atoms with van der Waals surface area (Å²) < 4.78 is 20.7. The summed E-state index contributed by atoms with van der Waals surface area (Å²) in [6.07, 6.45) is 0.318. The zero-order valence-electron chi connectivity index (χ0n) is 16.4. The first-order valence-corrected chi connectivity index (χ1v) is 10.7. The van der Waals surface area contributed by atoms with E-state index in [9.17, 15) is 14.0 Å². The monoisotopic (exact) mass is 443 g/mol. The van der Waals surface area contributed by atoms with Crippen LogP contribution in [0.4, 0.5) is 4.39 Å². The number of halogens is 2. The molecule has 1 amide bonds. The number of ketones is 1. The Labute approximate surface area is 182 Å². The third-order valence-electron chi connectivity index (χ3n) is 5.02. The molecule has 4 rings (SSSR count). The average molecular weight is 444 g/mol. The number of benzene rings is 2. The van der Waals surface area contributed by atoms with Crippen molar-refractivity contribution in [3.8, 4) is 16.9 Å². The van der Waals surface area contributed by atoms with Crippen molar-refractivity contribution in [3.05, 3.63) is 74.2 Å². The number of thiophene rings is 1. The van der Waals surface area contributed by atoms with Gasteiger partial charge in [0, 0.05) is 23.1 Å².